The summed E-state index contributed by atoms with van der Waals surface area (Å²) >= 11 is 6.17. The summed E-state index contributed by atoms with van der Waals surface area (Å²) in [6.07, 6.45) is 3.95. The number of halogens is 1. The van der Waals surface area contributed by atoms with Crippen molar-refractivity contribution in [2.24, 2.45) is 5.73 Å². The summed E-state index contributed by atoms with van der Waals surface area (Å²) in [5, 5.41) is 11.6. The van der Waals surface area contributed by atoms with Gasteiger partial charge >= 0.3 is 6.03 Å². The zero-order valence-corrected chi connectivity index (χ0v) is 15.0. The van der Waals surface area contributed by atoms with Crippen LogP contribution >= 0.6 is 11.6 Å². The highest BCUT2D eigenvalue weighted by atomic mass is 35.5. The van der Waals surface area contributed by atoms with Gasteiger partial charge in [0.15, 0.2) is 9.84 Å². The third-order valence-electron chi connectivity index (χ3n) is 5.39. The van der Waals surface area contributed by atoms with Crippen molar-refractivity contribution in [3.8, 4) is 0 Å². The maximum atomic E-state index is 12.6. The van der Waals surface area contributed by atoms with E-state index in [1.165, 1.54) is 12.8 Å². The van der Waals surface area contributed by atoms with Gasteiger partial charge in [-0.15, -0.1) is 11.6 Å². The molecule has 0 spiro atoms. The van der Waals surface area contributed by atoms with E-state index in [2.05, 4.69) is 10.2 Å². The quantitative estimate of drug-likeness (QED) is 0.616. The van der Waals surface area contributed by atoms with E-state index in [1.54, 1.807) is 0 Å². The number of carbonyl (C=O) groups is 1. The fraction of sp³-hybridized carbons (Fsp3) is 0.800. The van der Waals surface area contributed by atoms with E-state index in [0.717, 1.165) is 13.1 Å². The number of nitrogens with one attached hydrogen (secondary N) is 1. The summed E-state index contributed by atoms with van der Waals surface area (Å²) < 4.78 is 25.2. The molecule has 2 atom stereocenters. The second-order valence-electron chi connectivity index (χ2n) is 6.97. The number of likely N-dealkylation sites (tertiary alicyclic amines) is 1. The van der Waals surface area contributed by atoms with Crippen LogP contribution in [0.25, 0.3) is 0 Å². The Morgan fingerprint density at radius 2 is 1.92 bits per heavy atom. The first kappa shape index (κ1) is 17.8. The standard InChI is InChI=1S/C15H24ClN3O4S/c16-12-7-13(18-15(17)21)14(20)11(12)8-24(22,23)10-5-9(6-10)19-3-1-2-4-19/h9-10,12-13,20H,1-8H2,(H3,17,18,21). The minimum absolute atomic E-state index is 0.159. The van der Waals surface area contributed by atoms with E-state index in [4.69, 9.17) is 17.3 Å². The highest BCUT2D eigenvalue weighted by Crippen LogP contribution is 2.37. The number of hydrogen-bond acceptors (Lipinski definition) is 5. The molecule has 136 valence electrons. The number of hydrogen-bond donors (Lipinski definition) is 3. The number of sulfone groups is 1. The van der Waals surface area contributed by atoms with Crippen LogP contribution in [0.1, 0.15) is 32.1 Å². The molecule has 1 saturated carbocycles. The second-order valence-corrected chi connectivity index (χ2v) is 9.78. The summed E-state index contributed by atoms with van der Waals surface area (Å²) in [5.74, 6) is -0.408. The lowest BCUT2D eigenvalue weighted by molar-refractivity contribution is 0.161. The molecule has 4 N–H and O–H groups in total. The molecule has 2 amide bonds. The first-order chi connectivity index (χ1) is 11.3. The number of amides is 2. The van der Waals surface area contributed by atoms with Crippen LogP contribution in [-0.2, 0) is 9.84 Å². The molecule has 2 unspecified atom stereocenters. The predicted molar refractivity (Wildman–Crippen MR) is 91.8 cm³/mol. The zero-order valence-electron chi connectivity index (χ0n) is 13.4. The Balaban J connectivity index is 1.62. The van der Waals surface area contributed by atoms with Crippen LogP contribution in [0, 0.1) is 0 Å². The fourth-order valence-electron chi connectivity index (χ4n) is 3.88. The van der Waals surface area contributed by atoms with Gasteiger partial charge in [0.2, 0.25) is 0 Å². The van der Waals surface area contributed by atoms with Crippen LogP contribution in [-0.4, -0.2) is 66.0 Å². The van der Waals surface area contributed by atoms with Gasteiger partial charge in [-0.05, 0) is 45.2 Å². The van der Waals surface area contributed by atoms with E-state index in [0.29, 0.717) is 24.5 Å². The van der Waals surface area contributed by atoms with Gasteiger partial charge in [0.1, 0.15) is 5.76 Å². The van der Waals surface area contributed by atoms with Crippen molar-refractivity contribution in [3.63, 3.8) is 0 Å². The number of aliphatic hydroxyl groups excluding tert-OH is 1. The lowest BCUT2D eigenvalue weighted by Crippen LogP contribution is -2.49. The summed E-state index contributed by atoms with van der Waals surface area (Å²) in [7, 11) is -3.36. The van der Waals surface area contributed by atoms with Crippen LogP contribution in [0.4, 0.5) is 4.79 Å². The molecule has 9 heteroatoms. The molecule has 1 aliphatic heterocycles. The number of rotatable bonds is 5. The largest absolute Gasteiger partial charge is 0.510 e. The normalized spacial score (nSPS) is 34.4. The number of nitrogens with zero attached hydrogens (tertiary/aromatic N) is 1. The molecule has 0 aromatic rings. The van der Waals surface area contributed by atoms with Crippen molar-refractivity contribution in [1.82, 2.24) is 10.2 Å². The smallest absolute Gasteiger partial charge is 0.312 e. The number of urea groups is 1. The molecular weight excluding hydrogens is 354 g/mol. The Morgan fingerprint density at radius 3 is 2.50 bits per heavy atom. The van der Waals surface area contributed by atoms with Gasteiger partial charge < -0.3 is 21.1 Å². The third kappa shape index (κ3) is 3.50. The molecule has 2 fully saturated rings. The van der Waals surface area contributed by atoms with Gasteiger partial charge in [-0.25, -0.2) is 13.2 Å². The van der Waals surface area contributed by atoms with Crippen molar-refractivity contribution in [2.45, 2.75) is 54.8 Å². The summed E-state index contributed by atoms with van der Waals surface area (Å²) in [6, 6.07) is -1.10. The first-order valence-corrected chi connectivity index (χ1v) is 10.5. The Bertz CT molecular complexity index is 639. The SMILES string of the molecule is NC(=O)NC1CC(Cl)C(CS(=O)(=O)C2CC(N3CCCC3)C2)=C1O. The minimum atomic E-state index is -3.36. The van der Waals surface area contributed by atoms with E-state index in [1.807, 2.05) is 0 Å². The van der Waals surface area contributed by atoms with Crippen molar-refractivity contribution in [2.75, 3.05) is 18.8 Å². The molecule has 3 aliphatic rings. The molecule has 0 bridgehead atoms. The van der Waals surface area contributed by atoms with Gasteiger partial charge in [-0.1, -0.05) is 0 Å². The molecule has 1 heterocycles. The topological polar surface area (TPSA) is 113 Å². The third-order valence-corrected chi connectivity index (χ3v) is 7.94. The van der Waals surface area contributed by atoms with Gasteiger partial charge in [0, 0.05) is 11.6 Å². The van der Waals surface area contributed by atoms with Gasteiger partial charge in [-0.3, -0.25) is 0 Å². The molecule has 24 heavy (non-hydrogen) atoms. The number of nitrogens with two attached hydrogens (primary N) is 1. The van der Waals surface area contributed by atoms with Crippen LogP contribution in [0.5, 0.6) is 0 Å². The average Bonchev–Trinajstić information content (AvgIpc) is 3.01. The molecule has 0 radical (unpaired) electrons. The summed E-state index contributed by atoms with van der Waals surface area (Å²) in [5.41, 5.74) is 5.35. The van der Waals surface area contributed by atoms with Crippen molar-refractivity contribution >= 4 is 27.5 Å². The number of primary amides is 1. The van der Waals surface area contributed by atoms with Crippen LogP contribution in [0.15, 0.2) is 11.3 Å². The first-order valence-electron chi connectivity index (χ1n) is 8.35. The maximum absolute atomic E-state index is 12.6. The Hall–Kier alpha value is -0.990. The summed E-state index contributed by atoms with van der Waals surface area (Å²) in [6.45, 7) is 2.13. The molecule has 2 aliphatic carbocycles. The molecule has 3 rings (SSSR count). The Morgan fingerprint density at radius 1 is 1.29 bits per heavy atom. The van der Waals surface area contributed by atoms with E-state index in [-0.39, 0.29) is 23.2 Å². The van der Waals surface area contributed by atoms with E-state index >= 15 is 0 Å². The van der Waals surface area contributed by atoms with E-state index in [9.17, 15) is 18.3 Å². The van der Waals surface area contributed by atoms with Crippen LogP contribution < -0.4 is 11.1 Å². The van der Waals surface area contributed by atoms with Crippen molar-refractivity contribution in [3.05, 3.63) is 11.3 Å². The molecule has 0 aromatic carbocycles. The fourth-order valence-corrected chi connectivity index (χ4v) is 6.39. The number of carbonyl (C=O) groups excluding carboxylic acids is 1. The predicted octanol–water partition coefficient (Wildman–Crippen LogP) is 0.888. The highest BCUT2D eigenvalue weighted by Gasteiger charge is 2.44. The summed E-state index contributed by atoms with van der Waals surface area (Å²) in [4.78, 5) is 13.3. The maximum Gasteiger partial charge on any atom is 0.312 e. The molecular formula is C15H24ClN3O4S. The van der Waals surface area contributed by atoms with Crippen molar-refractivity contribution < 1.29 is 18.3 Å². The molecule has 0 aromatic heterocycles. The zero-order chi connectivity index (χ0) is 17.5. The Labute approximate surface area is 147 Å². The second kappa shape index (κ2) is 6.72. The number of alkyl halides is 1. The minimum Gasteiger partial charge on any atom is -0.510 e. The van der Waals surface area contributed by atoms with E-state index < -0.39 is 27.3 Å². The van der Waals surface area contributed by atoms with Gasteiger partial charge in [-0.2, -0.15) is 0 Å². The van der Waals surface area contributed by atoms with Gasteiger partial charge in [0.25, 0.3) is 0 Å². The van der Waals surface area contributed by atoms with Crippen molar-refractivity contribution in [1.29, 1.82) is 0 Å². The van der Waals surface area contributed by atoms with Crippen LogP contribution in [0.2, 0.25) is 0 Å². The number of aliphatic hydroxyl groups is 1. The molecule has 1 saturated heterocycles. The highest BCUT2D eigenvalue weighted by molar-refractivity contribution is 7.92. The average molecular weight is 378 g/mol. The lowest BCUT2D eigenvalue weighted by atomic mass is 9.91. The molecule has 7 nitrogen and oxygen atoms in total. The van der Waals surface area contributed by atoms with Gasteiger partial charge in [0.05, 0.1) is 22.4 Å². The lowest BCUT2D eigenvalue weighted by Gasteiger charge is -2.40. The Kier molecular flexibility index (Phi) is 4.99. The monoisotopic (exact) mass is 377 g/mol. The van der Waals surface area contributed by atoms with Crippen LogP contribution in [0.3, 0.4) is 0 Å².